The van der Waals surface area contributed by atoms with Crippen LogP contribution in [0.25, 0.3) is 0 Å². The quantitative estimate of drug-likeness (QED) is 0.406. The number of hydrogen-bond donors (Lipinski definition) is 2. The van der Waals surface area contributed by atoms with Crippen molar-refractivity contribution in [2.24, 2.45) is 5.73 Å². The SMILES string of the molecule is C[N+](C)=C(N)Nc1cccc(Cl)c1. The number of nitrogens with zero attached hydrogens (tertiary/aromatic N) is 1. The van der Waals surface area contributed by atoms with Gasteiger partial charge in [-0.3, -0.25) is 10.3 Å². The molecule has 0 saturated heterocycles. The van der Waals surface area contributed by atoms with Crippen LogP contribution >= 0.6 is 11.6 Å². The molecule has 3 N–H and O–H groups in total. The summed E-state index contributed by atoms with van der Waals surface area (Å²) in [5, 5.41) is 3.71. The third-order valence-corrected chi connectivity index (χ3v) is 1.81. The number of nitrogens with one attached hydrogen (secondary N) is 1. The molecule has 1 aromatic carbocycles. The lowest BCUT2D eigenvalue weighted by Crippen LogP contribution is -2.31. The lowest BCUT2D eigenvalue weighted by Gasteiger charge is -2.01. The molecule has 0 saturated carbocycles. The Balaban J connectivity index is 2.81. The first-order valence-corrected chi connectivity index (χ1v) is 4.30. The highest BCUT2D eigenvalue weighted by molar-refractivity contribution is 6.30. The minimum atomic E-state index is 0.585. The van der Waals surface area contributed by atoms with Gasteiger partial charge in [0.25, 0.3) is 0 Å². The van der Waals surface area contributed by atoms with Crippen molar-refractivity contribution in [3.8, 4) is 0 Å². The molecule has 0 unspecified atom stereocenters. The fraction of sp³-hybridized carbons (Fsp3) is 0.222. The Bertz CT molecular complexity index is 329. The molecule has 0 fully saturated rings. The molecule has 1 aromatic rings. The summed E-state index contributed by atoms with van der Waals surface area (Å²) in [7, 11) is 3.74. The predicted molar refractivity (Wildman–Crippen MR) is 56.4 cm³/mol. The van der Waals surface area contributed by atoms with E-state index in [0.717, 1.165) is 5.69 Å². The van der Waals surface area contributed by atoms with E-state index in [1.807, 2.05) is 38.4 Å². The fourth-order valence-corrected chi connectivity index (χ4v) is 1.02. The minimum absolute atomic E-state index is 0.585. The van der Waals surface area contributed by atoms with Gasteiger partial charge in [-0.15, -0.1) is 0 Å². The van der Waals surface area contributed by atoms with Gasteiger partial charge in [-0.25, -0.2) is 5.32 Å². The Kier molecular flexibility index (Phi) is 3.14. The second-order valence-corrected chi connectivity index (χ2v) is 3.35. The van der Waals surface area contributed by atoms with Crippen LogP contribution < -0.4 is 11.1 Å². The van der Waals surface area contributed by atoms with Crippen molar-refractivity contribution in [3.63, 3.8) is 0 Å². The van der Waals surface area contributed by atoms with Crippen LogP contribution in [0.2, 0.25) is 5.02 Å². The first-order valence-electron chi connectivity index (χ1n) is 3.92. The van der Waals surface area contributed by atoms with Gasteiger partial charge in [0.15, 0.2) is 0 Å². The number of benzene rings is 1. The summed E-state index contributed by atoms with van der Waals surface area (Å²) in [6.07, 6.45) is 0. The van der Waals surface area contributed by atoms with Gasteiger partial charge in [0.05, 0.1) is 14.1 Å². The molecule has 0 radical (unpaired) electrons. The Morgan fingerprint density at radius 2 is 2.15 bits per heavy atom. The van der Waals surface area contributed by atoms with E-state index < -0.39 is 0 Å². The maximum atomic E-state index is 5.80. The molecular weight excluding hydrogens is 186 g/mol. The number of rotatable bonds is 1. The van der Waals surface area contributed by atoms with Gasteiger partial charge in [0.2, 0.25) is 0 Å². The van der Waals surface area contributed by atoms with Crippen LogP contribution in [0.3, 0.4) is 0 Å². The summed E-state index contributed by atoms with van der Waals surface area (Å²) in [6, 6.07) is 7.41. The number of halogens is 1. The van der Waals surface area contributed by atoms with Crippen LogP contribution in [0.5, 0.6) is 0 Å². The van der Waals surface area contributed by atoms with E-state index in [4.69, 9.17) is 17.3 Å². The highest BCUT2D eigenvalue weighted by atomic mass is 35.5. The Labute approximate surface area is 82.8 Å². The van der Waals surface area contributed by atoms with Gasteiger partial charge in [-0.2, -0.15) is 0 Å². The van der Waals surface area contributed by atoms with E-state index in [1.54, 1.807) is 4.58 Å². The van der Waals surface area contributed by atoms with Gasteiger partial charge >= 0.3 is 5.96 Å². The fourth-order valence-electron chi connectivity index (χ4n) is 0.826. The Morgan fingerprint density at radius 3 is 2.69 bits per heavy atom. The first kappa shape index (κ1) is 9.86. The van der Waals surface area contributed by atoms with Gasteiger partial charge in [0, 0.05) is 5.02 Å². The smallest absolute Gasteiger partial charge is 0.290 e. The van der Waals surface area contributed by atoms with E-state index in [2.05, 4.69) is 5.32 Å². The number of hydrogen-bond acceptors (Lipinski definition) is 0. The van der Waals surface area contributed by atoms with E-state index >= 15 is 0 Å². The molecule has 0 aromatic heterocycles. The van der Waals surface area contributed by atoms with Gasteiger partial charge in [-0.1, -0.05) is 17.7 Å². The van der Waals surface area contributed by atoms with Crippen molar-refractivity contribution in [2.45, 2.75) is 0 Å². The topological polar surface area (TPSA) is 41.1 Å². The lowest BCUT2D eigenvalue weighted by molar-refractivity contribution is -0.465. The molecule has 0 heterocycles. The number of anilines is 1. The van der Waals surface area contributed by atoms with Crippen molar-refractivity contribution in [1.82, 2.24) is 0 Å². The monoisotopic (exact) mass is 198 g/mol. The van der Waals surface area contributed by atoms with Gasteiger partial charge in [-0.05, 0) is 18.2 Å². The molecule has 0 aliphatic rings. The average Bonchev–Trinajstić information content (AvgIpc) is 2.04. The van der Waals surface area contributed by atoms with Crippen LogP contribution in [-0.2, 0) is 0 Å². The van der Waals surface area contributed by atoms with Crippen LogP contribution in [0.15, 0.2) is 24.3 Å². The summed E-state index contributed by atoms with van der Waals surface area (Å²) < 4.78 is 1.79. The standard InChI is InChI=1S/C9H12ClN3/c1-13(2)9(11)12-8-5-3-4-7(10)6-8/h3-6H,1-2H3,(H2,11,12)/p+1. The van der Waals surface area contributed by atoms with Crippen molar-refractivity contribution in [3.05, 3.63) is 29.3 Å². The number of guanidine groups is 1. The predicted octanol–water partition coefficient (Wildman–Crippen LogP) is 1.34. The molecule has 0 bridgehead atoms. The molecule has 3 nitrogen and oxygen atoms in total. The molecule has 0 atom stereocenters. The first-order chi connectivity index (χ1) is 6.09. The Hall–Kier alpha value is -1.22. The molecule has 0 spiro atoms. The summed E-state index contributed by atoms with van der Waals surface area (Å²) >= 11 is 5.80. The minimum Gasteiger partial charge on any atom is -0.290 e. The third kappa shape index (κ3) is 2.95. The third-order valence-electron chi connectivity index (χ3n) is 1.58. The van der Waals surface area contributed by atoms with Crippen molar-refractivity contribution in [1.29, 1.82) is 0 Å². The largest absolute Gasteiger partial charge is 0.347 e. The van der Waals surface area contributed by atoms with Crippen LogP contribution in [-0.4, -0.2) is 24.6 Å². The summed E-state index contributed by atoms with van der Waals surface area (Å²) in [5.41, 5.74) is 6.57. The van der Waals surface area contributed by atoms with Crippen molar-refractivity contribution in [2.75, 3.05) is 19.4 Å². The van der Waals surface area contributed by atoms with Gasteiger partial charge in [0.1, 0.15) is 5.69 Å². The molecule has 0 aliphatic carbocycles. The van der Waals surface area contributed by atoms with E-state index in [1.165, 1.54) is 0 Å². The second-order valence-electron chi connectivity index (χ2n) is 2.92. The summed E-state index contributed by atoms with van der Waals surface area (Å²) in [5.74, 6) is 0.585. The van der Waals surface area contributed by atoms with Crippen LogP contribution in [0.1, 0.15) is 0 Å². The summed E-state index contributed by atoms with van der Waals surface area (Å²) in [4.78, 5) is 0. The normalized spacial score (nSPS) is 9.46. The zero-order chi connectivity index (χ0) is 9.84. The maximum absolute atomic E-state index is 5.80. The molecule has 0 aliphatic heterocycles. The van der Waals surface area contributed by atoms with Crippen molar-refractivity contribution < 1.29 is 4.58 Å². The highest BCUT2D eigenvalue weighted by Crippen LogP contribution is 2.14. The van der Waals surface area contributed by atoms with Crippen LogP contribution in [0, 0.1) is 0 Å². The molecule has 70 valence electrons. The summed E-state index contributed by atoms with van der Waals surface area (Å²) in [6.45, 7) is 0. The van der Waals surface area contributed by atoms with E-state index in [-0.39, 0.29) is 0 Å². The second kappa shape index (κ2) is 4.14. The molecule has 13 heavy (non-hydrogen) atoms. The molecule has 1 rings (SSSR count). The van der Waals surface area contributed by atoms with E-state index in [9.17, 15) is 0 Å². The van der Waals surface area contributed by atoms with Gasteiger partial charge < -0.3 is 0 Å². The highest BCUT2D eigenvalue weighted by Gasteiger charge is 2.02. The maximum Gasteiger partial charge on any atom is 0.347 e. The van der Waals surface area contributed by atoms with Crippen LogP contribution in [0.4, 0.5) is 5.69 Å². The van der Waals surface area contributed by atoms with Crippen molar-refractivity contribution >= 4 is 23.2 Å². The zero-order valence-electron chi connectivity index (χ0n) is 7.71. The Morgan fingerprint density at radius 1 is 1.46 bits per heavy atom. The lowest BCUT2D eigenvalue weighted by atomic mass is 10.3. The molecule has 0 amide bonds. The molecular formula is C9H13ClN3+. The number of nitrogens with two attached hydrogens (primary N) is 1. The average molecular weight is 199 g/mol. The van der Waals surface area contributed by atoms with E-state index in [0.29, 0.717) is 11.0 Å². The zero-order valence-corrected chi connectivity index (χ0v) is 8.47. The molecule has 4 heteroatoms.